The van der Waals surface area contributed by atoms with E-state index < -0.39 is 23.0 Å². The number of hydrogen-bond donors (Lipinski definition) is 1. The Morgan fingerprint density at radius 1 is 0.867 bits per heavy atom. The van der Waals surface area contributed by atoms with Gasteiger partial charge >= 0.3 is 186 Å². The second-order valence-corrected chi connectivity index (χ2v) is 9.46. The van der Waals surface area contributed by atoms with Crippen molar-refractivity contribution in [1.82, 2.24) is 0 Å². The molecule has 0 bridgehead atoms. The number of rotatable bonds is 9. The van der Waals surface area contributed by atoms with Gasteiger partial charge in [-0.05, 0) is 0 Å². The predicted octanol–water partition coefficient (Wildman–Crippen LogP) is 3.86. The van der Waals surface area contributed by atoms with Crippen LogP contribution >= 0.6 is 0 Å². The van der Waals surface area contributed by atoms with E-state index in [1.54, 1.807) is 19.9 Å². The molecular formula is C21H31AsO8. The first kappa shape index (κ1) is 25.8. The molecule has 0 aromatic heterocycles. The first-order chi connectivity index (χ1) is 13.9. The molecule has 0 radical (unpaired) electrons. The summed E-state index contributed by atoms with van der Waals surface area (Å²) in [6.45, 7) is 11.1. The van der Waals surface area contributed by atoms with Crippen molar-refractivity contribution in [2.75, 3.05) is 0 Å². The monoisotopic (exact) mass is 486 g/mol. The average Bonchev–Trinajstić information content (AvgIpc) is 2.63. The maximum atomic E-state index is 12.2. The van der Waals surface area contributed by atoms with E-state index >= 15 is 0 Å². The summed E-state index contributed by atoms with van der Waals surface area (Å²) in [6, 6.07) is 4.51. The molecule has 0 aliphatic heterocycles. The van der Waals surface area contributed by atoms with Crippen LogP contribution < -0.4 is 9.47 Å². The zero-order valence-corrected chi connectivity index (χ0v) is 20.6. The van der Waals surface area contributed by atoms with Gasteiger partial charge in [0.15, 0.2) is 0 Å². The van der Waals surface area contributed by atoms with Gasteiger partial charge in [0.2, 0.25) is 0 Å². The number of benzene rings is 1. The van der Waals surface area contributed by atoms with Crippen molar-refractivity contribution in [2.24, 2.45) is 11.8 Å². The molecule has 0 aliphatic rings. The summed E-state index contributed by atoms with van der Waals surface area (Å²) < 4.78 is 20.3. The SMILES string of the molecule is CC(C)C(C)OC(=O)Oc1ccc(C[C@H]([AsH2])C(=O)O)cc1OC(=O)OC(C)C(C)C. The van der Waals surface area contributed by atoms with E-state index in [1.807, 2.05) is 27.7 Å². The second kappa shape index (κ2) is 11.8. The maximum absolute atomic E-state index is 12.2. The van der Waals surface area contributed by atoms with E-state index in [1.165, 1.54) is 12.1 Å². The van der Waals surface area contributed by atoms with Crippen LogP contribution in [-0.2, 0) is 20.7 Å². The molecule has 0 aliphatic carbocycles. The standard InChI is InChI=1S/C21H31AsO8/c1-11(2)13(5)27-20(25)29-17-8-7-15(9-16(22)19(23)24)10-18(17)30-21(26)28-14(6)12(3)4/h7-8,10-14,16H,9,22H2,1-6H3,(H,23,24)/t13?,14?,16-/m0/s1. The minimum absolute atomic E-state index is 0.0256. The van der Waals surface area contributed by atoms with Crippen molar-refractivity contribution >= 4 is 35.1 Å². The van der Waals surface area contributed by atoms with Crippen LogP contribution in [0.5, 0.6) is 11.5 Å². The normalized spacial score (nSPS) is 14.0. The van der Waals surface area contributed by atoms with E-state index in [9.17, 15) is 14.4 Å². The molecule has 0 spiro atoms. The molecule has 4 atom stereocenters. The molecule has 8 nitrogen and oxygen atoms in total. The number of hydrogen-bond acceptors (Lipinski definition) is 7. The minimum atomic E-state index is -0.947. The Morgan fingerprint density at radius 3 is 1.77 bits per heavy atom. The van der Waals surface area contributed by atoms with Gasteiger partial charge in [0.05, 0.1) is 0 Å². The van der Waals surface area contributed by atoms with Gasteiger partial charge in [-0.15, -0.1) is 0 Å². The summed E-state index contributed by atoms with van der Waals surface area (Å²) in [5.41, 5.74) is 0.614. The van der Waals surface area contributed by atoms with Gasteiger partial charge in [-0.25, -0.2) is 0 Å². The third-order valence-corrected chi connectivity index (χ3v) is 5.70. The average molecular weight is 486 g/mol. The Labute approximate surface area is 185 Å². The number of carboxylic acid groups (broad SMARTS) is 1. The molecule has 0 heterocycles. The van der Waals surface area contributed by atoms with E-state index in [0.717, 1.165) is 16.9 Å². The van der Waals surface area contributed by atoms with Crippen LogP contribution in [0.3, 0.4) is 0 Å². The zero-order chi connectivity index (χ0) is 23.0. The number of aliphatic carboxylic acids is 1. The van der Waals surface area contributed by atoms with Crippen molar-refractivity contribution in [1.29, 1.82) is 0 Å². The van der Waals surface area contributed by atoms with Gasteiger partial charge in [-0.1, -0.05) is 0 Å². The Balaban J connectivity index is 3.05. The summed E-state index contributed by atoms with van der Waals surface area (Å²) in [5, 5.41) is 9.14. The molecule has 0 fully saturated rings. The van der Waals surface area contributed by atoms with E-state index in [4.69, 9.17) is 24.1 Å². The summed E-state index contributed by atoms with van der Waals surface area (Å²) in [4.78, 5) is 35.4. The topological polar surface area (TPSA) is 108 Å². The fraction of sp³-hybridized carbons (Fsp3) is 0.571. The summed E-state index contributed by atoms with van der Waals surface area (Å²) in [6.07, 6.45) is -2.39. The van der Waals surface area contributed by atoms with Crippen LogP contribution in [0.1, 0.15) is 47.1 Å². The van der Waals surface area contributed by atoms with Crippen LogP contribution in [0.2, 0.25) is 4.71 Å². The molecule has 3 unspecified atom stereocenters. The first-order valence-electron chi connectivity index (χ1n) is 9.78. The Morgan fingerprint density at radius 2 is 1.33 bits per heavy atom. The van der Waals surface area contributed by atoms with E-state index in [-0.39, 0.29) is 42.0 Å². The van der Waals surface area contributed by atoms with Crippen molar-refractivity contribution in [3.63, 3.8) is 0 Å². The zero-order valence-electron chi connectivity index (χ0n) is 18.2. The quantitative estimate of drug-likeness (QED) is 0.319. The van der Waals surface area contributed by atoms with Gasteiger partial charge in [-0.3, -0.25) is 0 Å². The van der Waals surface area contributed by atoms with Gasteiger partial charge < -0.3 is 0 Å². The van der Waals surface area contributed by atoms with Crippen molar-refractivity contribution in [3.8, 4) is 11.5 Å². The van der Waals surface area contributed by atoms with Gasteiger partial charge in [-0.2, -0.15) is 0 Å². The molecule has 9 heteroatoms. The fourth-order valence-electron chi connectivity index (χ4n) is 1.99. The molecule has 30 heavy (non-hydrogen) atoms. The fourth-order valence-corrected chi connectivity index (χ4v) is 2.56. The van der Waals surface area contributed by atoms with Crippen molar-refractivity contribution in [3.05, 3.63) is 23.8 Å². The van der Waals surface area contributed by atoms with Gasteiger partial charge in [0.1, 0.15) is 0 Å². The number of carbonyl (C=O) groups excluding carboxylic acids is 2. The van der Waals surface area contributed by atoms with Crippen LogP contribution in [0.15, 0.2) is 18.2 Å². The molecule has 0 saturated carbocycles. The number of ether oxygens (including phenoxy) is 4. The molecule has 168 valence electrons. The van der Waals surface area contributed by atoms with Crippen LogP contribution in [0, 0.1) is 11.8 Å². The Hall–Kier alpha value is -2.21. The van der Waals surface area contributed by atoms with Crippen molar-refractivity contribution < 1.29 is 38.4 Å². The summed E-state index contributed by atoms with van der Waals surface area (Å²) in [7, 11) is 0. The number of carbonyl (C=O) groups is 3. The molecule has 1 rings (SSSR count). The molecule has 0 saturated heterocycles. The summed E-state index contributed by atoms with van der Waals surface area (Å²) in [5.74, 6) is -0.808. The van der Waals surface area contributed by atoms with Crippen LogP contribution in [0.25, 0.3) is 0 Å². The van der Waals surface area contributed by atoms with Crippen LogP contribution in [-0.4, -0.2) is 52.4 Å². The number of carboxylic acids is 1. The molecule has 1 N–H and O–H groups in total. The molecule has 0 amide bonds. The third-order valence-electron chi connectivity index (χ3n) is 4.61. The van der Waals surface area contributed by atoms with E-state index in [0.29, 0.717) is 5.56 Å². The third kappa shape index (κ3) is 8.66. The predicted molar refractivity (Wildman–Crippen MR) is 113 cm³/mol. The summed E-state index contributed by atoms with van der Waals surface area (Å²) >= 11 is 1.07. The first-order valence-corrected chi connectivity index (χ1v) is 11.2. The van der Waals surface area contributed by atoms with Crippen molar-refractivity contribution in [2.45, 2.75) is 64.9 Å². The van der Waals surface area contributed by atoms with Gasteiger partial charge in [0.25, 0.3) is 0 Å². The molecular weight excluding hydrogens is 455 g/mol. The molecule has 1 aromatic carbocycles. The molecule has 1 aromatic rings. The Bertz CT molecular complexity index is 747. The second-order valence-electron chi connectivity index (χ2n) is 7.77. The van der Waals surface area contributed by atoms with Crippen LogP contribution in [0.4, 0.5) is 9.59 Å². The van der Waals surface area contributed by atoms with Gasteiger partial charge in [0, 0.05) is 0 Å². The Kier molecular flexibility index (Phi) is 10.2. The van der Waals surface area contributed by atoms with E-state index in [2.05, 4.69) is 0 Å².